The molecule has 0 saturated carbocycles. The summed E-state index contributed by atoms with van der Waals surface area (Å²) in [6, 6.07) is 0. The molecule has 4 heteroatoms. The summed E-state index contributed by atoms with van der Waals surface area (Å²) >= 11 is 2.00. The normalized spacial score (nSPS) is 27.9. The molecule has 1 aliphatic heterocycles. The largest absolute Gasteiger partial charge is 0.301 e. The van der Waals surface area contributed by atoms with Crippen LogP contribution in [0.4, 0.5) is 0 Å². The van der Waals surface area contributed by atoms with Crippen LogP contribution in [-0.4, -0.2) is 21.6 Å². The fraction of sp³-hybridized carbons (Fsp3) is 0.700. The van der Waals surface area contributed by atoms with Crippen LogP contribution < -0.4 is 5.32 Å². The predicted octanol–water partition coefficient (Wildman–Crippen LogP) is 2.02. The van der Waals surface area contributed by atoms with E-state index in [2.05, 4.69) is 30.5 Å². The lowest BCUT2D eigenvalue weighted by molar-refractivity contribution is 0.603. The second kappa shape index (κ2) is 4.36. The molecule has 0 radical (unpaired) electrons. The maximum atomic E-state index is 4.30. The average Bonchev–Trinajstić information content (AvgIpc) is 2.66. The minimum atomic E-state index is 0.444. The van der Waals surface area contributed by atoms with Crippen molar-refractivity contribution in [2.24, 2.45) is 0 Å². The van der Waals surface area contributed by atoms with Gasteiger partial charge in [-0.05, 0) is 19.9 Å². The van der Waals surface area contributed by atoms with E-state index in [0.29, 0.717) is 5.37 Å². The molecule has 2 atom stereocenters. The maximum absolute atomic E-state index is 4.30. The number of aromatic nitrogens is 2. The third-order valence-electron chi connectivity index (χ3n) is 2.53. The lowest BCUT2D eigenvalue weighted by Crippen LogP contribution is -2.28. The van der Waals surface area contributed by atoms with E-state index in [1.165, 1.54) is 12.0 Å². The van der Waals surface area contributed by atoms with E-state index in [4.69, 9.17) is 0 Å². The van der Waals surface area contributed by atoms with Gasteiger partial charge in [-0.2, -0.15) is 5.10 Å². The number of hydrogen-bond donors (Lipinski definition) is 1. The van der Waals surface area contributed by atoms with E-state index in [-0.39, 0.29) is 0 Å². The molecule has 0 bridgehead atoms. The minimum absolute atomic E-state index is 0.444. The van der Waals surface area contributed by atoms with Crippen LogP contribution in [0, 0.1) is 0 Å². The van der Waals surface area contributed by atoms with Crippen LogP contribution in [0.15, 0.2) is 12.4 Å². The van der Waals surface area contributed by atoms with Gasteiger partial charge in [0, 0.05) is 23.6 Å². The Kier molecular flexibility index (Phi) is 3.13. The van der Waals surface area contributed by atoms with Gasteiger partial charge in [0.1, 0.15) is 0 Å². The highest BCUT2D eigenvalue weighted by atomic mass is 32.2. The minimum Gasteiger partial charge on any atom is -0.301 e. The molecule has 1 aliphatic rings. The standard InChI is InChI=1S/C10H17N3S/c1-3-13-7-9(6-12-13)10-11-5-4-8(2)14-10/h6-8,10-11H,3-5H2,1-2H3. The molecule has 78 valence electrons. The van der Waals surface area contributed by atoms with Gasteiger partial charge in [-0.1, -0.05) is 6.92 Å². The lowest BCUT2D eigenvalue weighted by Gasteiger charge is -2.26. The average molecular weight is 211 g/mol. The van der Waals surface area contributed by atoms with Crippen molar-refractivity contribution in [3.8, 4) is 0 Å². The zero-order valence-electron chi connectivity index (χ0n) is 8.73. The number of nitrogens with one attached hydrogen (secondary N) is 1. The monoisotopic (exact) mass is 211 g/mol. The highest BCUT2D eigenvalue weighted by molar-refractivity contribution is 8.00. The Morgan fingerprint density at radius 1 is 1.71 bits per heavy atom. The van der Waals surface area contributed by atoms with E-state index < -0.39 is 0 Å². The topological polar surface area (TPSA) is 29.9 Å². The van der Waals surface area contributed by atoms with Gasteiger partial charge < -0.3 is 5.32 Å². The molecule has 1 saturated heterocycles. The van der Waals surface area contributed by atoms with Crippen LogP contribution in [-0.2, 0) is 6.54 Å². The SMILES string of the molecule is CCn1cc(C2NCCC(C)S2)cn1. The molecular formula is C10H17N3S. The summed E-state index contributed by atoms with van der Waals surface area (Å²) in [7, 11) is 0. The zero-order chi connectivity index (χ0) is 9.97. The van der Waals surface area contributed by atoms with Gasteiger partial charge in [0.25, 0.3) is 0 Å². The van der Waals surface area contributed by atoms with Crippen molar-refractivity contribution in [3.05, 3.63) is 18.0 Å². The molecule has 1 N–H and O–H groups in total. The Hall–Kier alpha value is -0.480. The molecule has 0 aliphatic carbocycles. The Balaban J connectivity index is 2.06. The third kappa shape index (κ3) is 2.12. The Labute approximate surface area is 89.3 Å². The fourth-order valence-corrected chi connectivity index (χ4v) is 2.86. The van der Waals surface area contributed by atoms with E-state index in [9.17, 15) is 0 Å². The van der Waals surface area contributed by atoms with Crippen LogP contribution >= 0.6 is 11.8 Å². The zero-order valence-corrected chi connectivity index (χ0v) is 9.55. The van der Waals surface area contributed by atoms with E-state index in [1.54, 1.807) is 0 Å². The van der Waals surface area contributed by atoms with E-state index in [0.717, 1.165) is 18.3 Å². The number of hydrogen-bond acceptors (Lipinski definition) is 3. The quantitative estimate of drug-likeness (QED) is 0.811. The molecule has 1 aromatic heterocycles. The molecule has 0 aromatic carbocycles. The number of aryl methyl sites for hydroxylation is 1. The fourth-order valence-electron chi connectivity index (χ4n) is 1.65. The highest BCUT2D eigenvalue weighted by Crippen LogP contribution is 2.33. The van der Waals surface area contributed by atoms with E-state index >= 15 is 0 Å². The summed E-state index contributed by atoms with van der Waals surface area (Å²) in [4.78, 5) is 0. The van der Waals surface area contributed by atoms with Gasteiger partial charge in [0.2, 0.25) is 0 Å². The lowest BCUT2D eigenvalue weighted by atomic mass is 10.3. The summed E-state index contributed by atoms with van der Waals surface area (Å²) in [6.45, 7) is 6.48. The van der Waals surface area contributed by atoms with Crippen LogP contribution in [0.25, 0.3) is 0 Å². The van der Waals surface area contributed by atoms with Crippen molar-refractivity contribution < 1.29 is 0 Å². The molecule has 1 fully saturated rings. The molecule has 0 amide bonds. The molecule has 3 nitrogen and oxygen atoms in total. The van der Waals surface area contributed by atoms with Crippen molar-refractivity contribution in [2.75, 3.05) is 6.54 Å². The molecule has 2 unspecified atom stereocenters. The van der Waals surface area contributed by atoms with Gasteiger partial charge >= 0.3 is 0 Å². The molecule has 14 heavy (non-hydrogen) atoms. The summed E-state index contributed by atoms with van der Waals surface area (Å²) < 4.78 is 1.98. The molecule has 1 aromatic rings. The van der Waals surface area contributed by atoms with Crippen molar-refractivity contribution in [1.82, 2.24) is 15.1 Å². The third-order valence-corrected chi connectivity index (χ3v) is 3.94. The van der Waals surface area contributed by atoms with Gasteiger partial charge in [-0.3, -0.25) is 4.68 Å². The summed E-state index contributed by atoms with van der Waals surface area (Å²) in [5.41, 5.74) is 1.31. The summed E-state index contributed by atoms with van der Waals surface area (Å²) in [5.74, 6) is 0. The molecule has 2 rings (SSSR count). The van der Waals surface area contributed by atoms with Crippen molar-refractivity contribution >= 4 is 11.8 Å². The summed E-state index contributed by atoms with van der Waals surface area (Å²) in [5, 5.41) is 9.01. The van der Waals surface area contributed by atoms with Crippen molar-refractivity contribution in [2.45, 2.75) is 37.4 Å². The van der Waals surface area contributed by atoms with Crippen LogP contribution in [0.3, 0.4) is 0 Å². The Morgan fingerprint density at radius 3 is 3.21 bits per heavy atom. The molecule has 2 heterocycles. The maximum Gasteiger partial charge on any atom is 0.0822 e. The number of rotatable bonds is 2. The van der Waals surface area contributed by atoms with Gasteiger partial charge in [0.15, 0.2) is 0 Å². The first-order valence-corrected chi connectivity index (χ1v) is 6.15. The van der Waals surface area contributed by atoms with Crippen LogP contribution in [0.1, 0.15) is 31.2 Å². The van der Waals surface area contributed by atoms with Gasteiger partial charge in [0.05, 0.1) is 11.6 Å². The predicted molar refractivity (Wildman–Crippen MR) is 60.3 cm³/mol. The first-order valence-electron chi connectivity index (χ1n) is 5.20. The highest BCUT2D eigenvalue weighted by Gasteiger charge is 2.21. The van der Waals surface area contributed by atoms with Crippen LogP contribution in [0.2, 0.25) is 0 Å². The molecule has 0 spiro atoms. The van der Waals surface area contributed by atoms with Crippen molar-refractivity contribution in [3.63, 3.8) is 0 Å². The van der Waals surface area contributed by atoms with Gasteiger partial charge in [-0.15, -0.1) is 11.8 Å². The molecular weight excluding hydrogens is 194 g/mol. The smallest absolute Gasteiger partial charge is 0.0822 e. The first kappa shape index (κ1) is 10.1. The van der Waals surface area contributed by atoms with Gasteiger partial charge in [-0.25, -0.2) is 0 Å². The number of nitrogens with zero attached hydrogens (tertiary/aromatic N) is 2. The Bertz CT molecular complexity index is 297. The van der Waals surface area contributed by atoms with Crippen LogP contribution in [0.5, 0.6) is 0 Å². The van der Waals surface area contributed by atoms with Crippen molar-refractivity contribution in [1.29, 1.82) is 0 Å². The Morgan fingerprint density at radius 2 is 2.57 bits per heavy atom. The summed E-state index contributed by atoms with van der Waals surface area (Å²) in [6.07, 6.45) is 5.39. The van der Waals surface area contributed by atoms with E-state index in [1.807, 2.05) is 22.6 Å². The second-order valence-corrected chi connectivity index (χ2v) is 5.25. The second-order valence-electron chi connectivity index (χ2n) is 3.70. The first-order chi connectivity index (χ1) is 6.79. The number of thioether (sulfide) groups is 1.